The molecule has 5 heteroatoms. The maximum atomic E-state index is 10.9. The lowest BCUT2D eigenvalue weighted by Crippen LogP contribution is -2.34. The standard InChI is InChI=1S/C8H18N2O2S/c1-10(2)8-5-4-7(6-8)9-13(3,11)12/h7-9H,4-6H2,1-3H3/t7-,8+/m1/s1. The Balaban J connectivity index is 2.42. The van der Waals surface area contributed by atoms with Crippen LogP contribution in [-0.2, 0) is 10.0 Å². The molecule has 1 rings (SSSR count). The van der Waals surface area contributed by atoms with Gasteiger partial charge in [0.05, 0.1) is 6.26 Å². The van der Waals surface area contributed by atoms with E-state index in [1.807, 2.05) is 14.1 Å². The Morgan fingerprint density at radius 3 is 2.31 bits per heavy atom. The summed E-state index contributed by atoms with van der Waals surface area (Å²) >= 11 is 0. The highest BCUT2D eigenvalue weighted by atomic mass is 32.2. The zero-order valence-electron chi connectivity index (χ0n) is 8.45. The molecule has 4 nitrogen and oxygen atoms in total. The summed E-state index contributed by atoms with van der Waals surface area (Å²) in [6.45, 7) is 0. The molecule has 1 saturated carbocycles. The van der Waals surface area contributed by atoms with E-state index in [0.717, 1.165) is 19.3 Å². The van der Waals surface area contributed by atoms with E-state index < -0.39 is 10.0 Å². The van der Waals surface area contributed by atoms with E-state index in [4.69, 9.17) is 0 Å². The Hall–Kier alpha value is -0.130. The van der Waals surface area contributed by atoms with Crippen LogP contribution in [0.15, 0.2) is 0 Å². The van der Waals surface area contributed by atoms with Crippen molar-refractivity contribution in [3.05, 3.63) is 0 Å². The molecule has 0 aromatic carbocycles. The first-order chi connectivity index (χ1) is 5.88. The summed E-state index contributed by atoms with van der Waals surface area (Å²) in [5, 5.41) is 0. The largest absolute Gasteiger partial charge is 0.306 e. The van der Waals surface area contributed by atoms with Crippen molar-refractivity contribution < 1.29 is 8.42 Å². The molecule has 0 aromatic heterocycles. The summed E-state index contributed by atoms with van der Waals surface area (Å²) in [6, 6.07) is 0.668. The van der Waals surface area contributed by atoms with Gasteiger partial charge in [-0.3, -0.25) is 0 Å². The number of sulfonamides is 1. The van der Waals surface area contributed by atoms with Gasteiger partial charge < -0.3 is 4.90 Å². The molecular weight excluding hydrogens is 188 g/mol. The Morgan fingerprint density at radius 2 is 1.92 bits per heavy atom. The quantitative estimate of drug-likeness (QED) is 0.708. The van der Waals surface area contributed by atoms with E-state index in [2.05, 4.69) is 9.62 Å². The number of rotatable bonds is 3. The molecule has 0 unspecified atom stereocenters. The Bertz CT molecular complexity index is 261. The SMILES string of the molecule is CN(C)[C@H]1CC[C@@H](NS(C)(=O)=O)C1. The van der Waals surface area contributed by atoms with Gasteiger partial charge in [-0.1, -0.05) is 0 Å². The molecule has 0 heterocycles. The molecule has 0 saturated heterocycles. The summed E-state index contributed by atoms with van der Waals surface area (Å²) < 4.78 is 24.5. The van der Waals surface area contributed by atoms with E-state index in [1.54, 1.807) is 0 Å². The lowest BCUT2D eigenvalue weighted by atomic mass is 10.2. The highest BCUT2D eigenvalue weighted by molar-refractivity contribution is 7.88. The molecule has 0 bridgehead atoms. The number of nitrogens with zero attached hydrogens (tertiary/aromatic N) is 1. The van der Waals surface area contributed by atoms with E-state index in [9.17, 15) is 8.42 Å². The lowest BCUT2D eigenvalue weighted by molar-refractivity contribution is 0.295. The van der Waals surface area contributed by atoms with Gasteiger partial charge in [0.1, 0.15) is 0 Å². The van der Waals surface area contributed by atoms with Gasteiger partial charge in [0.2, 0.25) is 10.0 Å². The molecule has 0 aromatic rings. The van der Waals surface area contributed by atoms with Gasteiger partial charge in [0.25, 0.3) is 0 Å². The maximum Gasteiger partial charge on any atom is 0.208 e. The van der Waals surface area contributed by atoms with Crippen molar-refractivity contribution in [3.63, 3.8) is 0 Å². The molecule has 0 radical (unpaired) electrons. The molecule has 1 N–H and O–H groups in total. The third-order valence-electron chi connectivity index (χ3n) is 2.52. The van der Waals surface area contributed by atoms with Gasteiger partial charge in [0.15, 0.2) is 0 Å². The van der Waals surface area contributed by atoms with Crippen molar-refractivity contribution in [2.24, 2.45) is 0 Å². The highest BCUT2D eigenvalue weighted by Gasteiger charge is 2.27. The van der Waals surface area contributed by atoms with Crippen LogP contribution in [0.1, 0.15) is 19.3 Å². The molecule has 0 spiro atoms. The average molecular weight is 206 g/mol. The van der Waals surface area contributed by atoms with Crippen LogP contribution in [-0.4, -0.2) is 45.8 Å². The normalized spacial score (nSPS) is 29.8. The minimum atomic E-state index is -3.03. The molecule has 0 aliphatic heterocycles. The van der Waals surface area contributed by atoms with E-state index in [1.165, 1.54) is 6.26 Å². The van der Waals surface area contributed by atoms with Gasteiger partial charge in [-0.15, -0.1) is 0 Å². The van der Waals surface area contributed by atoms with Crippen molar-refractivity contribution in [2.75, 3.05) is 20.4 Å². The average Bonchev–Trinajstić information content (AvgIpc) is 2.31. The van der Waals surface area contributed by atoms with Gasteiger partial charge in [-0.05, 0) is 33.4 Å². The predicted molar refractivity (Wildman–Crippen MR) is 53.1 cm³/mol. The second-order valence-corrected chi connectivity index (χ2v) is 5.80. The van der Waals surface area contributed by atoms with Crippen LogP contribution in [0.2, 0.25) is 0 Å². The molecular formula is C8H18N2O2S. The summed E-state index contributed by atoms with van der Waals surface area (Å²) in [7, 11) is 1.05. The molecule has 13 heavy (non-hydrogen) atoms. The van der Waals surface area contributed by atoms with Crippen molar-refractivity contribution in [1.29, 1.82) is 0 Å². The topological polar surface area (TPSA) is 49.4 Å². The first kappa shape index (κ1) is 10.9. The molecule has 78 valence electrons. The summed E-state index contributed by atoms with van der Waals surface area (Å²) in [5.41, 5.74) is 0. The first-order valence-corrected chi connectivity index (χ1v) is 6.41. The zero-order chi connectivity index (χ0) is 10.1. The fourth-order valence-electron chi connectivity index (χ4n) is 1.84. The van der Waals surface area contributed by atoms with Gasteiger partial charge >= 0.3 is 0 Å². The minimum Gasteiger partial charge on any atom is -0.306 e. The van der Waals surface area contributed by atoms with Crippen LogP contribution >= 0.6 is 0 Å². The fraction of sp³-hybridized carbons (Fsp3) is 1.00. The second-order valence-electron chi connectivity index (χ2n) is 4.02. The van der Waals surface area contributed by atoms with Gasteiger partial charge in [-0.25, -0.2) is 13.1 Å². The van der Waals surface area contributed by atoms with Crippen LogP contribution < -0.4 is 4.72 Å². The summed E-state index contributed by atoms with van der Waals surface area (Å²) in [6.07, 6.45) is 4.19. The van der Waals surface area contributed by atoms with Crippen LogP contribution in [0, 0.1) is 0 Å². The van der Waals surface area contributed by atoms with E-state index in [-0.39, 0.29) is 6.04 Å². The highest BCUT2D eigenvalue weighted by Crippen LogP contribution is 2.22. The number of hydrogen-bond donors (Lipinski definition) is 1. The zero-order valence-corrected chi connectivity index (χ0v) is 9.26. The van der Waals surface area contributed by atoms with Crippen molar-refractivity contribution in [1.82, 2.24) is 9.62 Å². The van der Waals surface area contributed by atoms with Crippen LogP contribution in [0.3, 0.4) is 0 Å². The van der Waals surface area contributed by atoms with Crippen LogP contribution in [0.25, 0.3) is 0 Å². The second kappa shape index (κ2) is 3.94. The van der Waals surface area contributed by atoms with E-state index >= 15 is 0 Å². The third-order valence-corrected chi connectivity index (χ3v) is 3.28. The predicted octanol–water partition coefficient (Wildman–Crippen LogP) is 0.0183. The van der Waals surface area contributed by atoms with Gasteiger partial charge in [-0.2, -0.15) is 0 Å². The Kier molecular flexibility index (Phi) is 3.32. The summed E-state index contributed by atoms with van der Waals surface area (Å²) in [4.78, 5) is 2.16. The van der Waals surface area contributed by atoms with Crippen LogP contribution in [0.4, 0.5) is 0 Å². The smallest absolute Gasteiger partial charge is 0.208 e. The Morgan fingerprint density at radius 1 is 1.31 bits per heavy atom. The third kappa shape index (κ3) is 3.62. The van der Waals surface area contributed by atoms with Crippen molar-refractivity contribution in [2.45, 2.75) is 31.3 Å². The van der Waals surface area contributed by atoms with Crippen molar-refractivity contribution in [3.8, 4) is 0 Å². The molecule has 1 aliphatic carbocycles. The lowest BCUT2D eigenvalue weighted by Gasteiger charge is -2.18. The molecule has 1 fully saturated rings. The number of nitrogens with one attached hydrogen (secondary N) is 1. The summed E-state index contributed by atoms with van der Waals surface area (Å²) in [5.74, 6) is 0. The minimum absolute atomic E-state index is 0.141. The molecule has 2 atom stereocenters. The molecule has 0 amide bonds. The first-order valence-electron chi connectivity index (χ1n) is 4.52. The maximum absolute atomic E-state index is 10.9. The van der Waals surface area contributed by atoms with Crippen LogP contribution in [0.5, 0.6) is 0 Å². The van der Waals surface area contributed by atoms with E-state index in [0.29, 0.717) is 6.04 Å². The van der Waals surface area contributed by atoms with Crippen molar-refractivity contribution >= 4 is 10.0 Å². The fourth-order valence-corrected chi connectivity index (χ4v) is 2.66. The Labute approximate surface area is 80.4 Å². The van der Waals surface area contributed by atoms with Gasteiger partial charge in [0, 0.05) is 12.1 Å². The monoisotopic (exact) mass is 206 g/mol. The number of hydrogen-bond acceptors (Lipinski definition) is 3. The molecule has 1 aliphatic rings.